The Morgan fingerprint density at radius 2 is 2.27 bits per heavy atom. The van der Waals surface area contributed by atoms with E-state index >= 15 is 0 Å². The van der Waals surface area contributed by atoms with Crippen LogP contribution in [0.15, 0.2) is 12.3 Å². The van der Waals surface area contributed by atoms with E-state index in [4.69, 9.17) is 0 Å². The number of hydrogen-bond donors (Lipinski definition) is 3. The lowest BCUT2D eigenvalue weighted by Gasteiger charge is -2.36. The highest BCUT2D eigenvalue weighted by Gasteiger charge is 2.26. The standard InChI is InChI=1S/C18H20F2N4OS/c1-10-6-12-17(24-4-3-21-11(9-24)2-5-25)16-13(7-23-18(12)26-10)15(20)14(19)8-22-16/h6-8,11,21,23,25H,2-5,9H2,1H3. The lowest BCUT2D eigenvalue weighted by molar-refractivity contribution is 0.217. The van der Waals surface area contributed by atoms with Gasteiger partial charge < -0.3 is 20.6 Å². The Morgan fingerprint density at radius 3 is 3.08 bits per heavy atom. The van der Waals surface area contributed by atoms with Gasteiger partial charge in [-0.15, -0.1) is 11.3 Å². The molecule has 26 heavy (non-hydrogen) atoms. The summed E-state index contributed by atoms with van der Waals surface area (Å²) in [5.74, 6) is -1.85. The van der Waals surface area contributed by atoms with Crippen LogP contribution in [0.4, 0.5) is 13.8 Å². The van der Waals surface area contributed by atoms with Crippen molar-refractivity contribution in [3.05, 3.63) is 44.9 Å². The zero-order valence-corrected chi connectivity index (χ0v) is 15.2. The number of aliphatic hydroxyl groups excluding tert-OH is 1. The van der Waals surface area contributed by atoms with Crippen molar-refractivity contribution in [1.82, 2.24) is 15.2 Å². The molecule has 2 aliphatic heterocycles. The quantitative estimate of drug-likeness (QED) is 0.734. The lowest BCUT2D eigenvalue weighted by atomic mass is 10.1. The van der Waals surface area contributed by atoms with Gasteiger partial charge in [-0.2, -0.15) is 0 Å². The normalized spacial score (nSPS) is 19.3. The number of thiophene rings is 1. The molecule has 138 valence electrons. The molecule has 0 aliphatic carbocycles. The van der Waals surface area contributed by atoms with Gasteiger partial charge in [0.2, 0.25) is 0 Å². The number of aliphatic hydroxyl groups is 1. The van der Waals surface area contributed by atoms with E-state index in [0.717, 1.165) is 40.4 Å². The summed E-state index contributed by atoms with van der Waals surface area (Å²) < 4.78 is 28.2. The van der Waals surface area contributed by atoms with Gasteiger partial charge in [-0.25, -0.2) is 8.78 Å². The van der Waals surface area contributed by atoms with Crippen molar-refractivity contribution in [3.63, 3.8) is 0 Å². The van der Waals surface area contributed by atoms with Crippen molar-refractivity contribution < 1.29 is 13.9 Å². The van der Waals surface area contributed by atoms with Crippen LogP contribution in [0.25, 0.3) is 11.9 Å². The summed E-state index contributed by atoms with van der Waals surface area (Å²) in [5, 5.41) is 17.2. The topological polar surface area (TPSA) is 60.4 Å². The molecule has 2 aromatic heterocycles. The van der Waals surface area contributed by atoms with Gasteiger partial charge in [0.15, 0.2) is 11.6 Å². The highest BCUT2D eigenvalue weighted by molar-refractivity contribution is 7.16. The predicted molar refractivity (Wildman–Crippen MR) is 98.1 cm³/mol. The molecule has 0 amide bonds. The van der Waals surface area contributed by atoms with Crippen LogP contribution in [-0.4, -0.2) is 47.3 Å². The molecule has 1 saturated heterocycles. The molecule has 1 atom stereocenters. The fourth-order valence-electron chi connectivity index (χ4n) is 3.56. The van der Waals surface area contributed by atoms with Crippen molar-refractivity contribution in [1.29, 1.82) is 0 Å². The fraction of sp³-hybridized carbons (Fsp3) is 0.389. The monoisotopic (exact) mass is 378 g/mol. The minimum Gasteiger partial charge on any atom is -0.396 e. The number of rotatable bonds is 3. The maximum Gasteiger partial charge on any atom is 0.177 e. The largest absolute Gasteiger partial charge is 0.396 e. The van der Waals surface area contributed by atoms with Crippen molar-refractivity contribution in [2.75, 3.05) is 31.6 Å². The molecule has 0 saturated carbocycles. The Bertz CT molecular complexity index is 957. The Hall–Kier alpha value is -2.03. The van der Waals surface area contributed by atoms with Gasteiger partial charge in [0.1, 0.15) is 5.00 Å². The van der Waals surface area contributed by atoms with Crippen LogP contribution in [-0.2, 0) is 0 Å². The molecule has 4 heterocycles. The minimum absolute atomic E-state index is 0.105. The first-order valence-electron chi connectivity index (χ1n) is 8.59. The molecule has 3 N–H and O–H groups in total. The van der Waals surface area contributed by atoms with Crippen molar-refractivity contribution >= 4 is 28.2 Å². The molecule has 0 aromatic carbocycles. The highest BCUT2D eigenvalue weighted by Crippen LogP contribution is 2.34. The average molecular weight is 378 g/mol. The van der Waals surface area contributed by atoms with Crippen molar-refractivity contribution in [2.45, 2.75) is 19.4 Å². The molecular formula is C18H20F2N4OS. The second-order valence-electron chi connectivity index (χ2n) is 6.53. The first kappa shape index (κ1) is 17.4. The molecule has 2 aliphatic rings. The molecule has 2 aromatic rings. The Labute approximate surface area is 153 Å². The van der Waals surface area contributed by atoms with Crippen molar-refractivity contribution in [2.24, 2.45) is 0 Å². The van der Waals surface area contributed by atoms with Crippen LogP contribution in [0.5, 0.6) is 0 Å². The maximum atomic E-state index is 14.5. The van der Waals surface area contributed by atoms with Crippen LogP contribution in [0.1, 0.15) is 16.9 Å². The van der Waals surface area contributed by atoms with Crippen LogP contribution in [0.2, 0.25) is 0 Å². The fourth-order valence-corrected chi connectivity index (χ4v) is 4.44. The number of halogens is 2. The van der Waals surface area contributed by atoms with Crippen molar-refractivity contribution in [3.8, 4) is 0 Å². The summed E-state index contributed by atoms with van der Waals surface area (Å²) in [5.41, 5.74) is 1.76. The van der Waals surface area contributed by atoms with Gasteiger partial charge in [-0.3, -0.25) is 4.98 Å². The van der Waals surface area contributed by atoms with E-state index in [1.54, 1.807) is 11.3 Å². The van der Waals surface area contributed by atoms with Gasteiger partial charge in [-0.05, 0) is 19.4 Å². The maximum absolute atomic E-state index is 14.5. The van der Waals surface area contributed by atoms with Gasteiger partial charge in [-0.1, -0.05) is 0 Å². The molecule has 4 rings (SSSR count). The summed E-state index contributed by atoms with van der Waals surface area (Å²) in [6, 6.07) is 2.19. The van der Waals surface area contributed by atoms with Crippen LogP contribution in [0, 0.1) is 18.6 Å². The summed E-state index contributed by atoms with van der Waals surface area (Å²) >= 11 is 1.57. The number of fused-ring (bicyclic) bond motifs is 2. The summed E-state index contributed by atoms with van der Waals surface area (Å²) in [4.78, 5) is 7.53. The molecule has 5 nitrogen and oxygen atoms in total. The van der Waals surface area contributed by atoms with E-state index in [-0.39, 0.29) is 17.9 Å². The number of aryl methyl sites for hydroxylation is 1. The molecule has 0 spiro atoms. The molecule has 0 bridgehead atoms. The minimum atomic E-state index is -0.957. The number of pyridine rings is 1. The van der Waals surface area contributed by atoms with Crippen LogP contribution >= 0.6 is 11.3 Å². The predicted octanol–water partition coefficient (Wildman–Crippen LogP) is 0.706. The Kier molecular flexibility index (Phi) is 4.64. The van der Waals surface area contributed by atoms with Gasteiger partial charge in [0.05, 0.1) is 22.5 Å². The van der Waals surface area contributed by atoms with Crippen LogP contribution in [0.3, 0.4) is 0 Å². The van der Waals surface area contributed by atoms with Crippen LogP contribution < -0.4 is 21.2 Å². The third-order valence-electron chi connectivity index (χ3n) is 4.74. The van der Waals surface area contributed by atoms with Gasteiger partial charge in [0, 0.05) is 48.9 Å². The van der Waals surface area contributed by atoms with E-state index in [1.807, 2.05) is 6.92 Å². The smallest absolute Gasteiger partial charge is 0.177 e. The van der Waals surface area contributed by atoms with Gasteiger partial charge in [0.25, 0.3) is 0 Å². The van der Waals surface area contributed by atoms with E-state index in [2.05, 4.69) is 26.6 Å². The zero-order valence-electron chi connectivity index (χ0n) is 14.4. The molecule has 0 radical (unpaired) electrons. The lowest BCUT2D eigenvalue weighted by Crippen LogP contribution is -2.52. The molecule has 1 unspecified atom stereocenters. The Balaban J connectivity index is 1.94. The first-order valence-corrected chi connectivity index (χ1v) is 9.41. The second kappa shape index (κ2) is 6.94. The highest BCUT2D eigenvalue weighted by atomic mass is 32.1. The Morgan fingerprint density at radius 1 is 1.42 bits per heavy atom. The molecular weight excluding hydrogens is 358 g/mol. The third kappa shape index (κ3) is 2.98. The number of nitrogens with zero attached hydrogens (tertiary/aromatic N) is 2. The van der Waals surface area contributed by atoms with E-state index in [1.165, 1.54) is 6.20 Å². The SMILES string of the molecule is Cc1cc2c(s1)NC=c1c(F)c(F)cnc1=C2N1CCNC(CCO)C1. The summed E-state index contributed by atoms with van der Waals surface area (Å²) in [6.45, 7) is 4.27. The zero-order chi connectivity index (χ0) is 18.3. The number of anilines is 1. The van der Waals surface area contributed by atoms with E-state index < -0.39 is 11.6 Å². The second-order valence-corrected chi connectivity index (χ2v) is 7.79. The van der Waals surface area contributed by atoms with Gasteiger partial charge >= 0.3 is 0 Å². The molecule has 8 heteroatoms. The number of nitrogens with one attached hydrogen (secondary N) is 2. The summed E-state index contributed by atoms with van der Waals surface area (Å²) in [6.07, 6.45) is 3.08. The third-order valence-corrected chi connectivity index (χ3v) is 5.72. The number of hydrogen-bond acceptors (Lipinski definition) is 6. The first-order chi connectivity index (χ1) is 12.6. The number of aromatic nitrogens is 1. The number of piperazine rings is 1. The van der Waals surface area contributed by atoms with E-state index in [9.17, 15) is 13.9 Å². The molecule has 1 fully saturated rings. The van der Waals surface area contributed by atoms with E-state index in [0.29, 0.717) is 18.3 Å². The summed E-state index contributed by atoms with van der Waals surface area (Å²) in [7, 11) is 0. The average Bonchev–Trinajstić information content (AvgIpc) is 2.91.